The number of aliphatic hydroxyl groups is 1. The average molecular weight is 391 g/mol. The summed E-state index contributed by atoms with van der Waals surface area (Å²) in [6.45, 7) is 0. The summed E-state index contributed by atoms with van der Waals surface area (Å²) in [5.41, 5.74) is -0.185. The Morgan fingerprint density at radius 1 is 1.31 bits per heavy atom. The number of ketones is 1. The second-order valence-corrected chi connectivity index (χ2v) is 7.20. The van der Waals surface area contributed by atoms with Gasteiger partial charge in [0.15, 0.2) is 11.5 Å². The van der Waals surface area contributed by atoms with Gasteiger partial charge in [0.1, 0.15) is 11.9 Å². The minimum absolute atomic E-state index is 0.0592. The lowest BCUT2D eigenvalue weighted by Gasteiger charge is -2.25. The van der Waals surface area contributed by atoms with Gasteiger partial charge in [-0.3, -0.25) is 14.5 Å². The number of furan rings is 1. The smallest absolute Gasteiger partial charge is 0.296 e. The van der Waals surface area contributed by atoms with Gasteiger partial charge in [0.2, 0.25) is 11.0 Å². The molecule has 3 heterocycles. The molecule has 0 spiro atoms. The zero-order valence-corrected chi connectivity index (χ0v) is 14.5. The van der Waals surface area contributed by atoms with Crippen molar-refractivity contribution < 1.29 is 23.5 Å². The first-order valence-corrected chi connectivity index (χ1v) is 9.50. The highest BCUT2D eigenvalue weighted by Crippen LogP contribution is 2.43. The van der Waals surface area contributed by atoms with Gasteiger partial charge in [0.25, 0.3) is 5.91 Å². The number of aliphatic hydroxyl groups excluding tert-OH is 1. The summed E-state index contributed by atoms with van der Waals surface area (Å²) in [7, 11) is 2.28. The number of carbonyl (C=O) groups excluding carboxylic acids is 2. The average Bonchev–Trinajstić information content (AvgIpc) is 3.37. The van der Waals surface area contributed by atoms with E-state index in [9.17, 15) is 19.1 Å². The minimum atomic E-state index is -1.16. The lowest BCUT2D eigenvalue weighted by Crippen LogP contribution is -2.35. The molecule has 2 N–H and O–H groups in total. The molecule has 0 aliphatic carbocycles. The molecule has 1 aromatic carbocycles. The van der Waals surface area contributed by atoms with Crippen molar-refractivity contribution in [3.05, 3.63) is 71.1 Å². The van der Waals surface area contributed by atoms with Crippen LogP contribution in [0.25, 0.3) is 0 Å². The van der Waals surface area contributed by atoms with Crippen LogP contribution in [0.3, 0.4) is 0 Å². The van der Waals surface area contributed by atoms with Gasteiger partial charge in [-0.2, -0.15) is 0 Å². The number of amidine groups is 1. The van der Waals surface area contributed by atoms with Crippen molar-refractivity contribution in [3.63, 3.8) is 0 Å². The Morgan fingerprint density at radius 2 is 2.12 bits per heavy atom. The van der Waals surface area contributed by atoms with E-state index in [1.54, 1.807) is 6.07 Å². The van der Waals surface area contributed by atoms with Crippen LogP contribution in [0.15, 0.2) is 63.5 Å². The summed E-state index contributed by atoms with van der Waals surface area (Å²) >= 11 is 0. The minimum Gasteiger partial charge on any atom is -0.503 e. The summed E-state index contributed by atoms with van der Waals surface area (Å²) in [5, 5.41) is 14.6. The Labute approximate surface area is 154 Å². The van der Waals surface area contributed by atoms with Gasteiger partial charge in [-0.1, -0.05) is 18.2 Å². The third-order valence-electron chi connectivity index (χ3n) is 3.90. The van der Waals surface area contributed by atoms with E-state index in [0.29, 0.717) is 0 Å². The molecule has 26 heavy (non-hydrogen) atoms. The molecular weight excluding hydrogens is 381 g/mol. The first kappa shape index (κ1) is 16.7. The van der Waals surface area contributed by atoms with E-state index in [0.717, 1.165) is 26.7 Å². The second kappa shape index (κ2) is 6.54. The Morgan fingerprint density at radius 3 is 2.77 bits per heavy atom. The number of Topliss-reactive ketones (excluding diaryl/α,β-unsaturated/α-hetero) is 1. The predicted molar refractivity (Wildman–Crippen MR) is 94.4 cm³/mol. The van der Waals surface area contributed by atoms with Gasteiger partial charge >= 0.3 is 0 Å². The fraction of sp³-hybridized carbons (Fsp3) is 0.0625. The molecule has 1 aromatic heterocycles. The SMILES string of the molecule is O=C(C1=C(O)C(=O)N(C2=NNSS2)C1c1ccccc1F)c1ccco1. The Hall–Kier alpha value is -2.72. The number of benzene rings is 1. The Kier molecular flexibility index (Phi) is 4.21. The molecule has 10 heteroatoms. The molecule has 0 saturated carbocycles. The van der Waals surface area contributed by atoms with Crippen molar-refractivity contribution in [2.75, 3.05) is 0 Å². The molecule has 0 bridgehead atoms. The normalized spacial score (nSPS) is 19.7. The number of hydrogen-bond acceptors (Lipinski definition) is 8. The summed E-state index contributed by atoms with van der Waals surface area (Å²) in [5.74, 6) is -2.95. The Balaban J connectivity index is 1.88. The largest absolute Gasteiger partial charge is 0.503 e. The molecule has 4 rings (SSSR count). The number of rotatable bonds is 3. The third-order valence-corrected chi connectivity index (χ3v) is 5.51. The topological polar surface area (TPSA) is 95.1 Å². The maximum Gasteiger partial charge on any atom is 0.296 e. The van der Waals surface area contributed by atoms with Crippen LogP contribution in [-0.2, 0) is 4.79 Å². The quantitative estimate of drug-likeness (QED) is 0.471. The fourth-order valence-electron chi connectivity index (χ4n) is 2.79. The highest BCUT2D eigenvalue weighted by Gasteiger charge is 2.48. The molecule has 0 fully saturated rings. The number of hydrogen-bond donors (Lipinski definition) is 2. The number of nitrogens with zero attached hydrogens (tertiary/aromatic N) is 2. The molecule has 2 aliphatic rings. The van der Waals surface area contributed by atoms with Gasteiger partial charge < -0.3 is 9.52 Å². The molecule has 2 aromatic rings. The molecule has 1 atom stereocenters. The second-order valence-electron chi connectivity index (χ2n) is 5.32. The van der Waals surface area contributed by atoms with Gasteiger partial charge in [-0.15, -0.1) is 5.10 Å². The van der Waals surface area contributed by atoms with Crippen molar-refractivity contribution >= 4 is 38.6 Å². The molecule has 1 unspecified atom stereocenters. The first-order valence-electron chi connectivity index (χ1n) is 7.35. The molecule has 7 nitrogen and oxygen atoms in total. The standard InChI is InChI=1S/C16H10FN3O4S2/c17-9-5-2-1-4-8(9)12-11(13(21)10-6-3-7-24-10)14(22)15(23)20(12)16-18-19-26-25-16/h1-7,12,19,22H. The zero-order valence-electron chi connectivity index (χ0n) is 12.9. The lowest BCUT2D eigenvalue weighted by atomic mass is 9.95. The van der Waals surface area contributed by atoms with Crippen molar-refractivity contribution in [2.24, 2.45) is 5.10 Å². The van der Waals surface area contributed by atoms with Crippen molar-refractivity contribution in [1.29, 1.82) is 0 Å². The van der Waals surface area contributed by atoms with Gasteiger partial charge in [0.05, 0.1) is 11.8 Å². The van der Waals surface area contributed by atoms with Crippen molar-refractivity contribution in [3.8, 4) is 0 Å². The van der Waals surface area contributed by atoms with Gasteiger partial charge in [-0.05, 0) is 18.2 Å². The van der Waals surface area contributed by atoms with Gasteiger partial charge in [0, 0.05) is 27.3 Å². The first-order chi connectivity index (χ1) is 12.6. The number of halogens is 1. The van der Waals surface area contributed by atoms with Crippen LogP contribution in [0, 0.1) is 5.82 Å². The predicted octanol–water partition coefficient (Wildman–Crippen LogP) is 3.17. The van der Waals surface area contributed by atoms with Crippen LogP contribution in [0.4, 0.5) is 4.39 Å². The lowest BCUT2D eigenvalue weighted by molar-refractivity contribution is -0.125. The maximum absolute atomic E-state index is 14.5. The molecule has 1 amide bonds. The van der Waals surface area contributed by atoms with Crippen LogP contribution in [-0.4, -0.2) is 26.9 Å². The number of carbonyl (C=O) groups is 2. The van der Waals surface area contributed by atoms with E-state index in [-0.39, 0.29) is 22.1 Å². The van der Waals surface area contributed by atoms with E-state index >= 15 is 0 Å². The fourth-order valence-corrected chi connectivity index (χ4v) is 4.24. The number of hydrazone groups is 1. The van der Waals surface area contributed by atoms with Crippen LogP contribution in [0.5, 0.6) is 0 Å². The van der Waals surface area contributed by atoms with Crippen LogP contribution in [0.1, 0.15) is 22.2 Å². The van der Waals surface area contributed by atoms with E-state index in [1.807, 2.05) is 0 Å². The highest BCUT2D eigenvalue weighted by molar-refractivity contribution is 8.82. The van der Waals surface area contributed by atoms with Gasteiger partial charge in [-0.25, -0.2) is 9.22 Å². The summed E-state index contributed by atoms with van der Waals surface area (Å²) in [4.78, 5) is 29.2. The summed E-state index contributed by atoms with van der Waals surface area (Å²) in [6, 6.07) is 7.52. The van der Waals surface area contributed by atoms with E-state index in [2.05, 4.69) is 9.93 Å². The zero-order chi connectivity index (χ0) is 18.3. The van der Waals surface area contributed by atoms with Crippen LogP contribution < -0.4 is 4.83 Å². The molecule has 0 saturated heterocycles. The third kappa shape index (κ3) is 2.58. The summed E-state index contributed by atoms with van der Waals surface area (Å²) in [6.07, 6.45) is 1.30. The van der Waals surface area contributed by atoms with E-state index in [4.69, 9.17) is 4.42 Å². The Bertz CT molecular complexity index is 958. The number of amides is 1. The molecule has 0 radical (unpaired) electrons. The molecule has 2 aliphatic heterocycles. The van der Waals surface area contributed by atoms with Crippen molar-refractivity contribution in [1.82, 2.24) is 9.73 Å². The molecule has 132 valence electrons. The van der Waals surface area contributed by atoms with Crippen molar-refractivity contribution in [2.45, 2.75) is 6.04 Å². The van der Waals surface area contributed by atoms with E-state index < -0.39 is 29.3 Å². The number of nitrogens with one attached hydrogen (secondary N) is 1. The van der Waals surface area contributed by atoms with E-state index in [1.165, 1.54) is 36.6 Å². The summed E-state index contributed by atoms with van der Waals surface area (Å²) < 4.78 is 19.6. The monoisotopic (exact) mass is 391 g/mol. The van der Waals surface area contributed by atoms with Crippen LogP contribution in [0.2, 0.25) is 0 Å². The highest BCUT2D eigenvalue weighted by atomic mass is 33.1. The molecular formula is C16H10FN3O4S2. The van der Waals surface area contributed by atoms with Crippen LogP contribution >= 0.6 is 21.8 Å². The maximum atomic E-state index is 14.5.